The van der Waals surface area contributed by atoms with Crippen molar-refractivity contribution in [2.24, 2.45) is 5.73 Å². The number of hydrogen-bond donors (Lipinski definition) is 3. The highest BCUT2D eigenvalue weighted by molar-refractivity contribution is 6.35. The van der Waals surface area contributed by atoms with Gasteiger partial charge in [0, 0.05) is 13.1 Å². The molecule has 6 nitrogen and oxygen atoms in total. The van der Waals surface area contributed by atoms with E-state index in [1.54, 1.807) is 7.11 Å². The highest BCUT2D eigenvalue weighted by Crippen LogP contribution is 2.17. The third-order valence-electron chi connectivity index (χ3n) is 3.85. The minimum atomic E-state index is -0.668. The summed E-state index contributed by atoms with van der Waals surface area (Å²) in [5, 5.41) is 5.29. The number of nitrogens with one attached hydrogen (secondary N) is 2. The van der Waals surface area contributed by atoms with E-state index in [1.807, 2.05) is 55.5 Å². The summed E-state index contributed by atoms with van der Waals surface area (Å²) in [6.45, 7) is 2.52. The molecule has 0 bridgehead atoms. The van der Waals surface area contributed by atoms with Crippen LogP contribution in [0.25, 0.3) is 0 Å². The summed E-state index contributed by atoms with van der Waals surface area (Å²) in [4.78, 5) is 24.0. The highest BCUT2D eigenvalue weighted by Gasteiger charge is 2.16. The average Bonchev–Trinajstić information content (AvgIpc) is 2.66. The number of carbonyl (C=O) groups excluding carboxylic acids is 2. The number of ether oxygens (including phenoxy) is 1. The normalized spacial score (nSPS) is 11.5. The minimum Gasteiger partial charge on any atom is -0.497 e. The Hall–Kier alpha value is -2.86. The summed E-state index contributed by atoms with van der Waals surface area (Å²) in [5.41, 5.74) is 8.35. The molecule has 132 valence electrons. The van der Waals surface area contributed by atoms with Crippen molar-refractivity contribution in [3.05, 3.63) is 65.2 Å². The predicted molar refractivity (Wildman–Crippen MR) is 95.7 cm³/mol. The molecule has 25 heavy (non-hydrogen) atoms. The minimum absolute atomic E-state index is 0.275. The van der Waals surface area contributed by atoms with Gasteiger partial charge in [-0.25, -0.2) is 0 Å². The zero-order valence-electron chi connectivity index (χ0n) is 14.4. The molecule has 0 spiro atoms. The molecule has 2 aromatic rings. The lowest BCUT2D eigenvalue weighted by Gasteiger charge is -2.14. The van der Waals surface area contributed by atoms with Crippen LogP contribution in [0.2, 0.25) is 0 Å². The molecule has 0 aliphatic heterocycles. The van der Waals surface area contributed by atoms with Crippen LogP contribution >= 0.6 is 0 Å². The number of rotatable bonds is 6. The van der Waals surface area contributed by atoms with Crippen LogP contribution in [0.1, 0.15) is 29.7 Å². The second-order valence-electron chi connectivity index (χ2n) is 5.68. The molecule has 0 aliphatic carbocycles. The van der Waals surface area contributed by atoms with Gasteiger partial charge in [0.15, 0.2) is 0 Å². The Morgan fingerprint density at radius 2 is 1.76 bits per heavy atom. The van der Waals surface area contributed by atoms with Crippen LogP contribution in [0.3, 0.4) is 0 Å². The van der Waals surface area contributed by atoms with Crippen LogP contribution in [0.5, 0.6) is 5.75 Å². The monoisotopic (exact) mass is 341 g/mol. The standard InChI is InChI=1S/C19H23N3O3/c1-13(16-6-8-17(25-2)9-7-16)22-19(24)18(23)21-12-15-5-3-4-14(10-15)11-20/h3-10,13H,11-12,20H2,1-2H3,(H,21,23)(H,22,24). The smallest absolute Gasteiger partial charge is 0.309 e. The van der Waals surface area contributed by atoms with Crippen LogP contribution < -0.4 is 21.1 Å². The molecule has 0 saturated carbocycles. The lowest BCUT2D eigenvalue weighted by Crippen LogP contribution is -2.40. The summed E-state index contributed by atoms with van der Waals surface area (Å²) >= 11 is 0. The van der Waals surface area contributed by atoms with E-state index in [-0.39, 0.29) is 12.6 Å². The van der Waals surface area contributed by atoms with Crippen molar-refractivity contribution in [2.45, 2.75) is 26.1 Å². The third-order valence-corrected chi connectivity index (χ3v) is 3.85. The quantitative estimate of drug-likeness (QED) is 0.697. The van der Waals surface area contributed by atoms with E-state index in [9.17, 15) is 9.59 Å². The maximum atomic E-state index is 12.0. The van der Waals surface area contributed by atoms with Gasteiger partial charge in [0.2, 0.25) is 0 Å². The number of benzene rings is 2. The fourth-order valence-electron chi connectivity index (χ4n) is 2.37. The lowest BCUT2D eigenvalue weighted by molar-refractivity contribution is -0.139. The second kappa shape index (κ2) is 8.84. The largest absolute Gasteiger partial charge is 0.497 e. The topological polar surface area (TPSA) is 93.4 Å². The van der Waals surface area contributed by atoms with Gasteiger partial charge in [-0.1, -0.05) is 36.4 Å². The van der Waals surface area contributed by atoms with E-state index in [1.165, 1.54) is 0 Å². The molecule has 1 unspecified atom stereocenters. The molecule has 6 heteroatoms. The maximum absolute atomic E-state index is 12.0. The van der Waals surface area contributed by atoms with Crippen molar-refractivity contribution in [2.75, 3.05) is 7.11 Å². The first-order valence-corrected chi connectivity index (χ1v) is 8.04. The SMILES string of the molecule is COc1ccc(C(C)NC(=O)C(=O)NCc2cccc(CN)c2)cc1. The van der Waals surface area contributed by atoms with Crippen LogP contribution in [0.15, 0.2) is 48.5 Å². The number of methoxy groups -OCH3 is 1. The number of carbonyl (C=O) groups is 2. The first kappa shape index (κ1) is 18.5. The zero-order valence-corrected chi connectivity index (χ0v) is 14.4. The van der Waals surface area contributed by atoms with Gasteiger partial charge in [0.25, 0.3) is 0 Å². The van der Waals surface area contributed by atoms with Crippen LogP contribution in [0.4, 0.5) is 0 Å². The fourth-order valence-corrected chi connectivity index (χ4v) is 2.37. The van der Waals surface area contributed by atoms with Gasteiger partial charge in [0.1, 0.15) is 5.75 Å². The van der Waals surface area contributed by atoms with E-state index in [2.05, 4.69) is 10.6 Å². The predicted octanol–water partition coefficient (Wildman–Crippen LogP) is 1.65. The van der Waals surface area contributed by atoms with Crippen LogP contribution in [0, 0.1) is 0 Å². The molecular formula is C19H23N3O3. The Labute approximate surface area is 147 Å². The molecule has 0 radical (unpaired) electrons. The lowest BCUT2D eigenvalue weighted by atomic mass is 10.1. The van der Waals surface area contributed by atoms with Crippen molar-refractivity contribution in [1.29, 1.82) is 0 Å². The zero-order chi connectivity index (χ0) is 18.2. The number of amides is 2. The number of nitrogens with two attached hydrogens (primary N) is 1. The molecule has 0 aromatic heterocycles. The number of hydrogen-bond acceptors (Lipinski definition) is 4. The van der Waals surface area contributed by atoms with E-state index >= 15 is 0 Å². The Kier molecular flexibility index (Phi) is 6.54. The molecule has 0 fully saturated rings. The molecule has 2 rings (SSSR count). The van der Waals surface area contributed by atoms with Gasteiger partial charge in [0.05, 0.1) is 13.2 Å². The summed E-state index contributed by atoms with van der Waals surface area (Å²) in [5.74, 6) is -0.600. The van der Waals surface area contributed by atoms with Crippen molar-refractivity contribution < 1.29 is 14.3 Å². The van der Waals surface area contributed by atoms with Gasteiger partial charge in [-0.2, -0.15) is 0 Å². The van der Waals surface area contributed by atoms with E-state index < -0.39 is 11.8 Å². The van der Waals surface area contributed by atoms with E-state index in [0.29, 0.717) is 6.54 Å². The van der Waals surface area contributed by atoms with Crippen LogP contribution in [-0.2, 0) is 22.7 Å². The Morgan fingerprint density at radius 3 is 2.40 bits per heavy atom. The molecule has 0 heterocycles. The van der Waals surface area contributed by atoms with Crippen molar-refractivity contribution in [3.63, 3.8) is 0 Å². The first-order valence-electron chi connectivity index (χ1n) is 8.04. The highest BCUT2D eigenvalue weighted by atomic mass is 16.5. The van der Waals surface area contributed by atoms with Gasteiger partial charge >= 0.3 is 11.8 Å². The van der Waals surface area contributed by atoms with Crippen molar-refractivity contribution in [1.82, 2.24) is 10.6 Å². The van der Waals surface area contributed by atoms with Gasteiger partial charge in [-0.15, -0.1) is 0 Å². The summed E-state index contributed by atoms with van der Waals surface area (Å²) < 4.78 is 5.10. The van der Waals surface area contributed by atoms with Gasteiger partial charge in [-0.05, 0) is 35.7 Å². The summed E-state index contributed by atoms with van der Waals surface area (Å²) in [6.07, 6.45) is 0. The third kappa shape index (κ3) is 5.32. The van der Waals surface area contributed by atoms with Crippen molar-refractivity contribution in [3.8, 4) is 5.75 Å². The van der Waals surface area contributed by atoms with Crippen molar-refractivity contribution >= 4 is 11.8 Å². The summed E-state index contributed by atoms with van der Waals surface area (Å²) in [7, 11) is 1.59. The molecule has 0 saturated heterocycles. The average molecular weight is 341 g/mol. The molecule has 2 aromatic carbocycles. The fraction of sp³-hybridized carbons (Fsp3) is 0.263. The first-order chi connectivity index (χ1) is 12.0. The van der Waals surface area contributed by atoms with Gasteiger partial charge < -0.3 is 21.1 Å². The molecule has 2 amide bonds. The maximum Gasteiger partial charge on any atom is 0.309 e. The second-order valence-corrected chi connectivity index (χ2v) is 5.68. The van der Waals surface area contributed by atoms with E-state index in [0.717, 1.165) is 22.4 Å². The van der Waals surface area contributed by atoms with Crippen LogP contribution in [-0.4, -0.2) is 18.9 Å². The molecular weight excluding hydrogens is 318 g/mol. The molecule has 1 atom stereocenters. The Morgan fingerprint density at radius 1 is 1.08 bits per heavy atom. The molecule has 4 N–H and O–H groups in total. The van der Waals surface area contributed by atoms with Gasteiger partial charge in [-0.3, -0.25) is 9.59 Å². The Balaban J connectivity index is 1.87. The summed E-state index contributed by atoms with van der Waals surface area (Å²) in [6, 6.07) is 14.6. The molecule has 0 aliphatic rings. The Bertz CT molecular complexity index is 729. The van der Waals surface area contributed by atoms with E-state index in [4.69, 9.17) is 10.5 Å².